The van der Waals surface area contributed by atoms with Crippen LogP contribution in [0.15, 0.2) is 60.9 Å². The molecule has 4 atom stereocenters. The topological polar surface area (TPSA) is 151 Å². The standard InChI is InChI=1S/2C29H37N3O3/c2*33-27(31-15-5-14-29(19-31)12-1-2-13-29)23-8-3-6-21(16-23)22-7-4-9-24(17-22)32-26(20-10-11-20)25(18-30-32)28(34)35/h2*4,7,9,17-18,20-21,23H,1-3,5-6,8,10-16,19H2,(H,34,35)/t2*21-,23+/m10/s1. The molecule has 0 bridgehead atoms. The summed E-state index contributed by atoms with van der Waals surface area (Å²) < 4.78 is 3.68. The largest absolute Gasteiger partial charge is 0.478 e. The van der Waals surface area contributed by atoms with Gasteiger partial charge in [0.05, 0.1) is 35.2 Å². The van der Waals surface area contributed by atoms with Crippen LogP contribution in [-0.2, 0) is 9.59 Å². The second-order valence-corrected chi connectivity index (χ2v) is 23.3. The maximum atomic E-state index is 13.6. The van der Waals surface area contributed by atoms with Gasteiger partial charge in [-0.2, -0.15) is 10.2 Å². The van der Waals surface area contributed by atoms with E-state index in [2.05, 4.69) is 56.4 Å². The smallest absolute Gasteiger partial charge is 0.339 e. The van der Waals surface area contributed by atoms with Gasteiger partial charge in [0.1, 0.15) is 11.1 Å². The van der Waals surface area contributed by atoms with Gasteiger partial charge in [-0.1, -0.05) is 62.8 Å². The minimum absolute atomic E-state index is 0.124. The fourth-order valence-corrected chi connectivity index (χ4v) is 14.6. The number of hydrogen-bond acceptors (Lipinski definition) is 6. The number of carboxylic acid groups (broad SMARTS) is 2. The molecule has 2 aromatic carbocycles. The van der Waals surface area contributed by atoms with E-state index in [4.69, 9.17) is 0 Å². The van der Waals surface area contributed by atoms with Gasteiger partial charge in [0.2, 0.25) is 11.8 Å². The van der Waals surface area contributed by atoms with Crippen LogP contribution in [0, 0.1) is 22.7 Å². The Kier molecular flexibility index (Phi) is 13.3. The number of carbonyl (C=O) groups excluding carboxylic acids is 2. The summed E-state index contributed by atoms with van der Waals surface area (Å²) >= 11 is 0. The summed E-state index contributed by atoms with van der Waals surface area (Å²) in [6, 6.07) is 16.9. The Hall–Kier alpha value is -5.26. The molecule has 6 aliphatic carbocycles. The van der Waals surface area contributed by atoms with Crippen molar-refractivity contribution in [3.63, 3.8) is 0 Å². The first-order valence-electron chi connectivity index (χ1n) is 27.5. The van der Waals surface area contributed by atoms with Crippen LogP contribution < -0.4 is 0 Å². The van der Waals surface area contributed by atoms with E-state index in [-0.39, 0.29) is 23.7 Å². The van der Waals surface area contributed by atoms with Gasteiger partial charge >= 0.3 is 11.9 Å². The molecule has 8 fully saturated rings. The van der Waals surface area contributed by atoms with Crippen LogP contribution in [0.2, 0.25) is 0 Å². The van der Waals surface area contributed by atoms with Crippen molar-refractivity contribution in [2.24, 2.45) is 22.7 Å². The molecule has 2 saturated heterocycles. The molecule has 0 unspecified atom stereocenters. The second-order valence-electron chi connectivity index (χ2n) is 23.3. The molecule has 6 saturated carbocycles. The Labute approximate surface area is 413 Å². The molecule has 2 N–H and O–H groups in total. The molecular weight excluding hydrogens is 877 g/mol. The molecule has 4 heterocycles. The van der Waals surface area contributed by atoms with E-state index in [1.54, 1.807) is 0 Å². The maximum Gasteiger partial charge on any atom is 0.339 e. The Morgan fingerprint density at radius 1 is 0.486 bits per heavy atom. The predicted octanol–water partition coefficient (Wildman–Crippen LogP) is 11.8. The van der Waals surface area contributed by atoms with Gasteiger partial charge < -0.3 is 20.0 Å². The lowest BCUT2D eigenvalue weighted by molar-refractivity contribution is -0.141. The van der Waals surface area contributed by atoms with Crippen LogP contribution in [0.1, 0.15) is 221 Å². The van der Waals surface area contributed by atoms with Gasteiger partial charge in [0, 0.05) is 49.9 Å². The zero-order chi connectivity index (χ0) is 48.0. The number of likely N-dealkylation sites (tertiary alicyclic amines) is 2. The first kappa shape index (κ1) is 47.1. The van der Waals surface area contributed by atoms with Crippen LogP contribution in [-0.4, -0.2) is 89.5 Å². The molecule has 2 aromatic heterocycles. The van der Waals surface area contributed by atoms with Gasteiger partial charge in [0.25, 0.3) is 0 Å². The lowest BCUT2D eigenvalue weighted by Gasteiger charge is -2.42. The number of aromatic carboxylic acids is 2. The molecule has 12 heteroatoms. The van der Waals surface area contributed by atoms with Crippen molar-refractivity contribution in [3.05, 3.63) is 94.6 Å². The van der Waals surface area contributed by atoms with Crippen LogP contribution >= 0.6 is 0 Å². The number of aromatic nitrogens is 4. The third kappa shape index (κ3) is 9.73. The van der Waals surface area contributed by atoms with E-state index in [1.807, 2.05) is 21.5 Å². The monoisotopic (exact) mass is 951 g/mol. The molecule has 12 rings (SSSR count). The summed E-state index contributed by atoms with van der Waals surface area (Å²) in [5, 5.41) is 28.2. The summed E-state index contributed by atoms with van der Waals surface area (Å²) in [4.78, 5) is 55.1. The summed E-state index contributed by atoms with van der Waals surface area (Å²) in [6.45, 7) is 3.84. The number of nitrogens with zero attached hydrogens (tertiary/aromatic N) is 6. The minimum atomic E-state index is -0.903. The van der Waals surface area contributed by atoms with Crippen molar-refractivity contribution in [3.8, 4) is 11.4 Å². The minimum Gasteiger partial charge on any atom is -0.478 e. The van der Waals surface area contributed by atoms with Crippen LogP contribution in [0.5, 0.6) is 0 Å². The third-order valence-corrected chi connectivity index (χ3v) is 18.5. The van der Waals surface area contributed by atoms with Gasteiger partial charge in [0.15, 0.2) is 0 Å². The third-order valence-electron chi connectivity index (χ3n) is 18.5. The second kappa shape index (κ2) is 19.7. The van der Waals surface area contributed by atoms with E-state index in [0.29, 0.717) is 45.6 Å². The maximum absolute atomic E-state index is 13.6. The van der Waals surface area contributed by atoms with E-state index in [1.165, 1.54) is 87.7 Å². The number of piperidine rings is 2. The number of benzene rings is 2. The summed E-state index contributed by atoms with van der Waals surface area (Å²) in [5.74, 6) is 0.535. The lowest BCUT2D eigenvalue weighted by Crippen LogP contribution is -2.47. The van der Waals surface area contributed by atoms with Gasteiger partial charge in [-0.25, -0.2) is 19.0 Å². The molecule has 0 radical (unpaired) electrons. The van der Waals surface area contributed by atoms with Crippen LogP contribution in [0.25, 0.3) is 11.4 Å². The molecule has 2 amide bonds. The van der Waals surface area contributed by atoms with Crippen molar-refractivity contribution in [1.82, 2.24) is 29.4 Å². The molecule has 12 nitrogen and oxygen atoms in total. The van der Waals surface area contributed by atoms with Crippen LogP contribution in [0.3, 0.4) is 0 Å². The molecule has 2 aliphatic heterocycles. The number of hydrogen-bond donors (Lipinski definition) is 2. The quantitative estimate of drug-likeness (QED) is 0.159. The number of amides is 2. The first-order valence-corrected chi connectivity index (χ1v) is 27.5. The van der Waals surface area contributed by atoms with Crippen molar-refractivity contribution >= 4 is 23.8 Å². The van der Waals surface area contributed by atoms with Gasteiger partial charge in [-0.05, 0) is 174 Å². The Bertz CT molecular complexity index is 2400. The molecule has 2 spiro atoms. The molecule has 372 valence electrons. The normalized spacial score (nSPS) is 26.2. The highest BCUT2D eigenvalue weighted by molar-refractivity contribution is 5.90. The number of rotatable bonds is 10. The summed E-state index contributed by atoms with van der Waals surface area (Å²) in [6.07, 6.45) is 30.8. The van der Waals surface area contributed by atoms with E-state index in [9.17, 15) is 29.4 Å². The van der Waals surface area contributed by atoms with Crippen molar-refractivity contribution in [1.29, 1.82) is 0 Å². The predicted molar refractivity (Wildman–Crippen MR) is 268 cm³/mol. The molecule has 4 aromatic rings. The van der Waals surface area contributed by atoms with E-state index >= 15 is 0 Å². The Balaban J connectivity index is 0.000000152. The SMILES string of the molecule is O=C(O)c1cnn(-c2cccc([C@@H]3CCC[C@H](C(=O)N4CCCC5(CCCC5)C4)C3)c2)c1C1CC1.O=C(O)c1cnn(-c2cccc([C@H]3CCC[C@@H](C(=O)N4CCCC5(CCCC5)C4)C3)c2)c1C1CC1. The number of carbonyl (C=O) groups is 4. The summed E-state index contributed by atoms with van der Waals surface area (Å²) in [5.41, 5.74) is 7.50. The van der Waals surface area contributed by atoms with E-state index in [0.717, 1.165) is 139 Å². The van der Waals surface area contributed by atoms with Gasteiger partial charge in [-0.15, -0.1) is 0 Å². The highest BCUT2D eigenvalue weighted by Gasteiger charge is 2.43. The highest BCUT2D eigenvalue weighted by Crippen LogP contribution is 2.49. The average Bonchev–Trinajstić information content (AvgIpc) is 4.20. The lowest BCUT2D eigenvalue weighted by atomic mass is 9.75. The highest BCUT2D eigenvalue weighted by atomic mass is 16.4. The Morgan fingerprint density at radius 2 is 0.886 bits per heavy atom. The van der Waals surface area contributed by atoms with E-state index < -0.39 is 11.9 Å². The van der Waals surface area contributed by atoms with Gasteiger partial charge in [-0.3, -0.25) is 9.59 Å². The zero-order valence-electron chi connectivity index (χ0n) is 41.2. The van der Waals surface area contributed by atoms with Crippen molar-refractivity contribution in [2.75, 3.05) is 26.2 Å². The van der Waals surface area contributed by atoms with Crippen molar-refractivity contribution < 1.29 is 29.4 Å². The molecule has 8 aliphatic rings. The molecular formula is C58H74N6O6. The first-order chi connectivity index (χ1) is 34.1. The number of carboxylic acids is 2. The summed E-state index contributed by atoms with van der Waals surface area (Å²) in [7, 11) is 0. The zero-order valence-corrected chi connectivity index (χ0v) is 41.2. The fraction of sp³-hybridized carbons (Fsp3) is 0.621. The molecule has 70 heavy (non-hydrogen) atoms. The van der Waals surface area contributed by atoms with Crippen LogP contribution in [0.4, 0.5) is 0 Å². The Morgan fingerprint density at radius 3 is 1.27 bits per heavy atom. The fourth-order valence-electron chi connectivity index (χ4n) is 14.6. The van der Waals surface area contributed by atoms with Crippen molar-refractivity contribution in [2.45, 2.75) is 178 Å². The average molecular weight is 951 g/mol.